The van der Waals surface area contributed by atoms with Crippen LogP contribution in [0.3, 0.4) is 0 Å². The predicted molar refractivity (Wildman–Crippen MR) is 85.7 cm³/mol. The summed E-state index contributed by atoms with van der Waals surface area (Å²) < 4.78 is 31.2. The van der Waals surface area contributed by atoms with Gasteiger partial charge in [-0.2, -0.15) is 0 Å². The molecule has 0 amide bonds. The molecule has 0 aliphatic rings. The summed E-state index contributed by atoms with van der Waals surface area (Å²) in [5.74, 6) is 0.704. The summed E-state index contributed by atoms with van der Waals surface area (Å²) in [6.45, 7) is 0. The first-order valence-corrected chi connectivity index (χ1v) is 9.66. The number of thiazole rings is 1. The van der Waals surface area contributed by atoms with Crippen LogP contribution in [0, 0.1) is 0 Å². The molecule has 0 spiro atoms. The standard InChI is InChI=1S/C14H11NO3S3/c1-18-10-7-8-13-12(9-10)15-14(19-13)20-21(16,17)11-5-3-2-4-6-11/h2-9H,1H3. The molecule has 0 atom stereocenters. The smallest absolute Gasteiger partial charge is 0.236 e. The molecule has 7 heteroatoms. The Balaban J connectivity index is 1.95. The number of aromatic nitrogens is 1. The number of hydrogen-bond acceptors (Lipinski definition) is 6. The van der Waals surface area contributed by atoms with Crippen LogP contribution in [0.1, 0.15) is 0 Å². The Morgan fingerprint density at radius 1 is 1.14 bits per heavy atom. The largest absolute Gasteiger partial charge is 0.497 e. The third kappa shape index (κ3) is 3.04. The molecule has 1 heterocycles. The lowest BCUT2D eigenvalue weighted by atomic mass is 10.3. The summed E-state index contributed by atoms with van der Waals surface area (Å²) in [5.41, 5.74) is 0.741. The molecule has 1 aromatic heterocycles. The van der Waals surface area contributed by atoms with E-state index in [1.807, 2.05) is 12.1 Å². The molecular weight excluding hydrogens is 326 g/mol. The quantitative estimate of drug-likeness (QED) is 0.678. The number of benzene rings is 2. The lowest BCUT2D eigenvalue weighted by molar-refractivity contribution is 0.415. The fourth-order valence-electron chi connectivity index (χ4n) is 1.78. The van der Waals surface area contributed by atoms with E-state index in [-0.39, 0.29) is 4.90 Å². The number of nitrogens with zero attached hydrogens (tertiary/aromatic N) is 1. The zero-order chi connectivity index (χ0) is 14.9. The molecule has 0 aliphatic heterocycles. The molecule has 0 saturated heterocycles. The highest BCUT2D eigenvalue weighted by atomic mass is 33.1. The Hall–Kier alpha value is -1.57. The molecule has 2 aromatic carbocycles. The van der Waals surface area contributed by atoms with Crippen molar-refractivity contribution in [1.82, 2.24) is 4.98 Å². The predicted octanol–water partition coefficient (Wildman–Crippen LogP) is 3.79. The van der Waals surface area contributed by atoms with Gasteiger partial charge in [0, 0.05) is 16.9 Å². The van der Waals surface area contributed by atoms with Gasteiger partial charge in [0.1, 0.15) is 5.75 Å². The van der Waals surface area contributed by atoms with Crippen LogP contribution in [0.4, 0.5) is 0 Å². The zero-order valence-electron chi connectivity index (χ0n) is 11.0. The van der Waals surface area contributed by atoms with Gasteiger partial charge in [0.2, 0.25) is 8.87 Å². The number of methoxy groups -OCH3 is 1. The van der Waals surface area contributed by atoms with Gasteiger partial charge in [-0.15, -0.1) is 11.3 Å². The topological polar surface area (TPSA) is 56.3 Å². The first-order valence-electron chi connectivity index (χ1n) is 6.02. The molecule has 0 fully saturated rings. The lowest BCUT2D eigenvalue weighted by Gasteiger charge is -1.99. The van der Waals surface area contributed by atoms with Crippen LogP contribution in [0.2, 0.25) is 0 Å². The average Bonchev–Trinajstić information content (AvgIpc) is 2.88. The number of rotatable bonds is 4. The zero-order valence-corrected chi connectivity index (χ0v) is 13.5. The van der Waals surface area contributed by atoms with Crippen LogP contribution < -0.4 is 4.74 Å². The van der Waals surface area contributed by atoms with E-state index in [4.69, 9.17) is 4.74 Å². The van der Waals surface area contributed by atoms with Gasteiger partial charge in [-0.25, -0.2) is 13.4 Å². The minimum Gasteiger partial charge on any atom is -0.497 e. The molecule has 3 rings (SSSR count). The number of hydrogen-bond donors (Lipinski definition) is 0. The van der Waals surface area contributed by atoms with Crippen LogP contribution in [0.25, 0.3) is 10.2 Å². The minimum absolute atomic E-state index is 0.284. The normalized spacial score (nSPS) is 11.7. The van der Waals surface area contributed by atoms with Crippen molar-refractivity contribution in [2.45, 2.75) is 9.24 Å². The van der Waals surface area contributed by atoms with E-state index >= 15 is 0 Å². The van der Waals surface area contributed by atoms with E-state index in [0.717, 1.165) is 21.0 Å². The summed E-state index contributed by atoms with van der Waals surface area (Å²) in [4.78, 5) is 4.64. The summed E-state index contributed by atoms with van der Waals surface area (Å²) in [5, 5.41) is 0. The lowest BCUT2D eigenvalue weighted by Crippen LogP contribution is -1.93. The highest BCUT2D eigenvalue weighted by Crippen LogP contribution is 2.36. The molecule has 0 aliphatic carbocycles. The Morgan fingerprint density at radius 3 is 2.62 bits per heavy atom. The Labute approximate surface area is 130 Å². The number of ether oxygens (including phenoxy) is 1. The SMILES string of the molecule is COc1ccc2sc(SS(=O)(=O)c3ccccc3)nc2c1. The molecule has 21 heavy (non-hydrogen) atoms. The molecule has 0 unspecified atom stereocenters. The first-order chi connectivity index (χ1) is 10.1. The Morgan fingerprint density at radius 2 is 1.90 bits per heavy atom. The molecule has 3 aromatic rings. The van der Waals surface area contributed by atoms with Gasteiger partial charge in [-0.1, -0.05) is 18.2 Å². The van der Waals surface area contributed by atoms with E-state index in [2.05, 4.69) is 4.98 Å². The first kappa shape index (κ1) is 14.4. The Kier molecular flexibility index (Phi) is 3.88. The monoisotopic (exact) mass is 337 g/mol. The van der Waals surface area contributed by atoms with Crippen molar-refractivity contribution in [2.24, 2.45) is 0 Å². The second-order valence-corrected chi connectivity index (χ2v) is 9.20. The highest BCUT2D eigenvalue weighted by Gasteiger charge is 2.19. The van der Waals surface area contributed by atoms with E-state index < -0.39 is 8.87 Å². The molecule has 108 valence electrons. The molecule has 0 saturated carbocycles. The average molecular weight is 337 g/mol. The molecule has 4 nitrogen and oxygen atoms in total. The van der Waals surface area contributed by atoms with Gasteiger partial charge in [0.05, 0.1) is 22.2 Å². The van der Waals surface area contributed by atoms with E-state index in [0.29, 0.717) is 10.1 Å². The fourth-order valence-corrected chi connectivity index (χ4v) is 6.18. The van der Waals surface area contributed by atoms with E-state index in [1.54, 1.807) is 43.5 Å². The maximum atomic E-state index is 12.3. The van der Waals surface area contributed by atoms with Gasteiger partial charge < -0.3 is 4.74 Å². The molecular formula is C14H11NO3S3. The molecule has 0 N–H and O–H groups in total. The fraction of sp³-hybridized carbons (Fsp3) is 0.0714. The number of fused-ring (bicyclic) bond motifs is 1. The minimum atomic E-state index is -3.44. The van der Waals surface area contributed by atoms with Gasteiger partial charge >= 0.3 is 0 Å². The van der Waals surface area contributed by atoms with Gasteiger partial charge in [-0.05, 0) is 24.3 Å². The van der Waals surface area contributed by atoms with Crippen LogP contribution in [-0.2, 0) is 8.87 Å². The van der Waals surface area contributed by atoms with Gasteiger partial charge in [0.25, 0.3) is 0 Å². The molecule has 0 bridgehead atoms. The highest BCUT2D eigenvalue weighted by molar-refractivity contribution is 8.72. The van der Waals surface area contributed by atoms with Gasteiger partial charge in [0.15, 0.2) is 4.34 Å². The van der Waals surface area contributed by atoms with Crippen molar-refractivity contribution in [1.29, 1.82) is 0 Å². The molecule has 0 radical (unpaired) electrons. The van der Waals surface area contributed by atoms with E-state index in [9.17, 15) is 8.42 Å². The third-order valence-corrected chi connectivity index (χ3v) is 7.45. The second kappa shape index (κ2) is 5.67. The Bertz CT molecular complexity index is 873. The van der Waals surface area contributed by atoms with E-state index in [1.165, 1.54) is 11.3 Å². The van der Waals surface area contributed by atoms with Crippen molar-refractivity contribution in [2.75, 3.05) is 7.11 Å². The maximum Gasteiger partial charge on any atom is 0.236 e. The summed E-state index contributed by atoms with van der Waals surface area (Å²) in [6.07, 6.45) is 0. The second-order valence-electron chi connectivity index (χ2n) is 4.16. The summed E-state index contributed by atoms with van der Waals surface area (Å²) in [7, 11) is -1.08. The van der Waals surface area contributed by atoms with Crippen molar-refractivity contribution >= 4 is 41.2 Å². The van der Waals surface area contributed by atoms with Gasteiger partial charge in [-0.3, -0.25) is 0 Å². The van der Waals surface area contributed by atoms with Crippen LogP contribution in [0.5, 0.6) is 5.75 Å². The van der Waals surface area contributed by atoms with Crippen LogP contribution in [0.15, 0.2) is 57.8 Å². The summed E-state index contributed by atoms with van der Waals surface area (Å²) >= 11 is 1.36. The summed E-state index contributed by atoms with van der Waals surface area (Å²) in [6, 6.07) is 13.9. The van der Waals surface area contributed by atoms with Crippen LogP contribution in [-0.4, -0.2) is 20.5 Å². The van der Waals surface area contributed by atoms with Crippen LogP contribution >= 0.6 is 22.1 Å². The maximum absolute atomic E-state index is 12.3. The third-order valence-electron chi connectivity index (χ3n) is 2.79. The van der Waals surface area contributed by atoms with Crippen molar-refractivity contribution in [3.05, 3.63) is 48.5 Å². The van der Waals surface area contributed by atoms with Crippen molar-refractivity contribution in [3.63, 3.8) is 0 Å². The van der Waals surface area contributed by atoms with Crippen molar-refractivity contribution < 1.29 is 13.2 Å². The van der Waals surface area contributed by atoms with Crippen molar-refractivity contribution in [3.8, 4) is 5.75 Å².